The van der Waals surface area contributed by atoms with E-state index in [4.69, 9.17) is 14.7 Å². The van der Waals surface area contributed by atoms with E-state index in [1.54, 1.807) is 25.4 Å². The summed E-state index contributed by atoms with van der Waals surface area (Å²) in [6.45, 7) is 4.96. The van der Waals surface area contributed by atoms with E-state index in [-0.39, 0.29) is 0 Å². The summed E-state index contributed by atoms with van der Waals surface area (Å²) in [5, 5.41) is 9.16. The van der Waals surface area contributed by atoms with Crippen molar-refractivity contribution in [3.63, 3.8) is 0 Å². The van der Waals surface area contributed by atoms with Gasteiger partial charge in [-0.15, -0.1) is 0 Å². The molecule has 2 N–H and O–H groups in total. The summed E-state index contributed by atoms with van der Waals surface area (Å²) < 4.78 is 10.7. The third kappa shape index (κ3) is 5.05. The lowest BCUT2D eigenvalue weighted by Crippen LogP contribution is -2.21. The van der Waals surface area contributed by atoms with Gasteiger partial charge in [0, 0.05) is 24.9 Å². The highest BCUT2D eigenvalue weighted by Crippen LogP contribution is 2.22. The monoisotopic (exact) mass is 315 g/mol. The van der Waals surface area contributed by atoms with Gasteiger partial charge < -0.3 is 9.47 Å². The minimum atomic E-state index is 0.340. The molecule has 6 nitrogen and oxygen atoms in total. The topological polar surface area (TPSA) is 76.0 Å². The van der Waals surface area contributed by atoms with E-state index in [0.717, 1.165) is 16.9 Å². The number of aliphatic imine (C=N–C) groups is 1. The summed E-state index contributed by atoms with van der Waals surface area (Å²) in [4.78, 5) is 8.43. The van der Waals surface area contributed by atoms with Gasteiger partial charge >= 0.3 is 0 Å². The molecule has 1 heterocycles. The second-order valence-electron chi connectivity index (χ2n) is 5.15. The van der Waals surface area contributed by atoms with E-state index in [2.05, 4.69) is 21.5 Å². The number of benzene rings is 1. The van der Waals surface area contributed by atoms with Gasteiger partial charge in [0.25, 0.3) is 0 Å². The zero-order chi connectivity index (χ0) is 16.7. The Balaban J connectivity index is 2.10. The molecule has 1 aromatic carbocycles. The largest absolute Gasteiger partial charge is 0.439 e. The molecule has 0 saturated heterocycles. The van der Waals surface area contributed by atoms with E-state index < -0.39 is 0 Å². The Labute approximate surface area is 135 Å². The van der Waals surface area contributed by atoms with Crippen LogP contribution in [0.5, 0.6) is 11.6 Å². The average molecular weight is 315 g/mol. The van der Waals surface area contributed by atoms with Crippen LogP contribution in [0.3, 0.4) is 0 Å². The Bertz CT molecular complexity index is 649. The van der Waals surface area contributed by atoms with Crippen molar-refractivity contribution in [2.75, 3.05) is 20.3 Å². The number of hydrogen-bond acceptors (Lipinski definition) is 5. The molecule has 0 bridgehead atoms. The number of hydroxylamine groups is 1. The van der Waals surface area contributed by atoms with E-state index in [9.17, 15) is 0 Å². The van der Waals surface area contributed by atoms with Gasteiger partial charge in [-0.05, 0) is 43.2 Å². The predicted molar refractivity (Wildman–Crippen MR) is 88.4 cm³/mol. The number of ether oxygens (including phenoxy) is 2. The Kier molecular flexibility index (Phi) is 6.08. The van der Waals surface area contributed by atoms with Crippen molar-refractivity contribution in [3.05, 3.63) is 53.2 Å². The Morgan fingerprint density at radius 3 is 2.52 bits per heavy atom. The lowest BCUT2D eigenvalue weighted by Gasteiger charge is -2.08. The van der Waals surface area contributed by atoms with Gasteiger partial charge in [0.05, 0.1) is 13.2 Å². The minimum absolute atomic E-state index is 0.340. The summed E-state index contributed by atoms with van der Waals surface area (Å²) in [6, 6.07) is 9.50. The molecule has 0 fully saturated rings. The third-order valence-corrected chi connectivity index (χ3v) is 3.10. The number of amidine groups is 1. The number of nitrogens with one attached hydrogen (secondary N) is 1. The maximum absolute atomic E-state index is 9.16. The second-order valence-corrected chi connectivity index (χ2v) is 5.15. The van der Waals surface area contributed by atoms with E-state index in [1.165, 1.54) is 0 Å². The molecule has 6 heteroatoms. The van der Waals surface area contributed by atoms with E-state index >= 15 is 0 Å². The van der Waals surface area contributed by atoms with Crippen molar-refractivity contribution in [2.45, 2.75) is 13.8 Å². The van der Waals surface area contributed by atoms with Gasteiger partial charge in [-0.1, -0.05) is 6.07 Å². The maximum Gasteiger partial charge on any atom is 0.219 e. The highest BCUT2D eigenvalue weighted by Gasteiger charge is 2.05. The van der Waals surface area contributed by atoms with Gasteiger partial charge in [-0.25, -0.2) is 4.98 Å². The Morgan fingerprint density at radius 2 is 1.96 bits per heavy atom. The maximum atomic E-state index is 9.16. The number of rotatable bonds is 6. The van der Waals surface area contributed by atoms with Crippen LogP contribution in [0.15, 0.2) is 41.5 Å². The number of nitrogens with zero attached hydrogens (tertiary/aromatic N) is 2. The molecular formula is C17H21N3O3. The highest BCUT2D eigenvalue weighted by molar-refractivity contribution is 5.97. The number of aromatic nitrogens is 1. The van der Waals surface area contributed by atoms with Gasteiger partial charge in [0.15, 0.2) is 5.84 Å². The molecular weight excluding hydrogens is 294 g/mol. The first kappa shape index (κ1) is 16.9. The van der Waals surface area contributed by atoms with Crippen LogP contribution in [0.1, 0.15) is 16.7 Å². The molecule has 0 saturated carbocycles. The van der Waals surface area contributed by atoms with Gasteiger partial charge in [-0.2, -0.15) is 0 Å². The fourth-order valence-electron chi connectivity index (χ4n) is 2.13. The third-order valence-electron chi connectivity index (χ3n) is 3.10. The zero-order valence-corrected chi connectivity index (χ0v) is 13.5. The smallest absolute Gasteiger partial charge is 0.219 e. The molecule has 0 aliphatic heterocycles. The molecule has 23 heavy (non-hydrogen) atoms. The lowest BCUT2D eigenvalue weighted by atomic mass is 10.1. The fraction of sp³-hybridized carbons (Fsp3) is 0.294. The van der Waals surface area contributed by atoms with E-state index in [1.807, 2.05) is 26.0 Å². The van der Waals surface area contributed by atoms with Gasteiger partial charge in [-0.3, -0.25) is 15.7 Å². The van der Waals surface area contributed by atoms with Crippen LogP contribution in [-0.4, -0.2) is 36.3 Å². The number of aryl methyl sites for hydroxylation is 2. The quantitative estimate of drug-likeness (QED) is 0.371. The summed E-state index contributed by atoms with van der Waals surface area (Å²) in [6.07, 6.45) is 1.59. The molecule has 0 atom stereocenters. The standard InChI is InChI=1S/C17H21N3O3/c1-12-8-13(2)10-15(9-12)23-16-5-4-14(11-19-16)17(20-21)18-6-7-22-3/h4-5,8-11,21H,6-7H2,1-3H3,(H,18,20). The van der Waals surface area contributed by atoms with Crippen LogP contribution in [0.4, 0.5) is 0 Å². The summed E-state index contributed by atoms with van der Waals surface area (Å²) in [5.41, 5.74) is 5.00. The molecule has 2 rings (SSSR count). The van der Waals surface area contributed by atoms with Gasteiger partial charge in [0.2, 0.25) is 5.88 Å². The first-order chi connectivity index (χ1) is 11.1. The summed E-state index contributed by atoms with van der Waals surface area (Å²) in [7, 11) is 1.60. The van der Waals surface area contributed by atoms with Crippen molar-refractivity contribution >= 4 is 5.84 Å². The average Bonchev–Trinajstić information content (AvgIpc) is 2.52. The molecule has 0 aliphatic rings. The molecule has 0 amide bonds. The second kappa shape index (κ2) is 8.26. The minimum Gasteiger partial charge on any atom is -0.439 e. The number of methoxy groups -OCH3 is 1. The number of pyridine rings is 1. The van der Waals surface area contributed by atoms with Crippen LogP contribution in [0.2, 0.25) is 0 Å². The Hall–Kier alpha value is -2.44. The molecule has 2 aromatic rings. The predicted octanol–water partition coefficient (Wildman–Crippen LogP) is 2.86. The first-order valence-corrected chi connectivity index (χ1v) is 7.28. The van der Waals surface area contributed by atoms with Crippen LogP contribution in [0.25, 0.3) is 0 Å². The zero-order valence-electron chi connectivity index (χ0n) is 13.5. The fourth-order valence-corrected chi connectivity index (χ4v) is 2.13. The lowest BCUT2D eigenvalue weighted by molar-refractivity contribution is 0.206. The summed E-state index contributed by atoms with van der Waals surface area (Å²) >= 11 is 0. The SMILES string of the molecule is COCCN=C(NO)c1ccc(Oc2cc(C)cc(C)c2)nc1. The molecule has 0 aliphatic carbocycles. The molecule has 0 unspecified atom stereocenters. The van der Waals surface area contributed by atoms with Crippen LogP contribution < -0.4 is 10.2 Å². The van der Waals surface area contributed by atoms with Crippen LogP contribution in [-0.2, 0) is 4.74 Å². The van der Waals surface area contributed by atoms with Crippen molar-refractivity contribution in [2.24, 2.45) is 4.99 Å². The van der Waals surface area contributed by atoms with Crippen molar-refractivity contribution < 1.29 is 14.7 Å². The molecule has 0 radical (unpaired) electrons. The Morgan fingerprint density at radius 1 is 1.22 bits per heavy atom. The summed E-state index contributed by atoms with van der Waals surface area (Å²) in [5.74, 6) is 1.57. The molecule has 0 spiro atoms. The van der Waals surface area contributed by atoms with Crippen molar-refractivity contribution in [3.8, 4) is 11.6 Å². The van der Waals surface area contributed by atoms with Crippen LogP contribution in [0, 0.1) is 13.8 Å². The number of hydrogen-bond donors (Lipinski definition) is 2. The molecule has 1 aromatic heterocycles. The van der Waals surface area contributed by atoms with E-state index in [0.29, 0.717) is 30.4 Å². The molecule has 122 valence electrons. The van der Waals surface area contributed by atoms with Crippen molar-refractivity contribution in [1.82, 2.24) is 10.5 Å². The van der Waals surface area contributed by atoms with Crippen LogP contribution >= 0.6 is 0 Å². The highest BCUT2D eigenvalue weighted by atomic mass is 16.5. The normalized spacial score (nSPS) is 11.4. The van der Waals surface area contributed by atoms with Gasteiger partial charge in [0.1, 0.15) is 5.75 Å². The van der Waals surface area contributed by atoms with Crippen molar-refractivity contribution in [1.29, 1.82) is 0 Å². The first-order valence-electron chi connectivity index (χ1n) is 7.28.